The molecule has 0 aliphatic carbocycles. The molecule has 1 saturated heterocycles. The molecule has 3 aromatic rings. The lowest BCUT2D eigenvalue weighted by Gasteiger charge is -2.12. The molecule has 1 aliphatic heterocycles. The number of nitrogens with one attached hydrogen (secondary N) is 1. The third-order valence-electron chi connectivity index (χ3n) is 4.71. The van der Waals surface area contributed by atoms with E-state index in [0.717, 1.165) is 18.3 Å². The average molecular weight is 512 g/mol. The first-order valence-corrected chi connectivity index (χ1v) is 10.9. The molecule has 3 amide bonds. The molecule has 1 N–H and O–H groups in total. The first-order valence-electron chi connectivity index (χ1n) is 10.1. The van der Waals surface area contributed by atoms with Gasteiger partial charge in [-0.3, -0.25) is 29.4 Å². The maximum absolute atomic E-state index is 13.7. The number of hydrogen-bond donors (Lipinski definition) is 1. The van der Waals surface area contributed by atoms with Gasteiger partial charge in [0.2, 0.25) is 11.8 Å². The number of thioether (sulfide) groups is 1. The molecule has 1 aromatic heterocycles. The van der Waals surface area contributed by atoms with E-state index in [-0.39, 0.29) is 22.2 Å². The summed E-state index contributed by atoms with van der Waals surface area (Å²) in [5, 5.41) is 12.2. The summed E-state index contributed by atoms with van der Waals surface area (Å²) in [6.07, 6.45) is 2.52. The van der Waals surface area contributed by atoms with Crippen molar-refractivity contribution in [3.8, 4) is 11.6 Å². The van der Waals surface area contributed by atoms with Gasteiger partial charge in [0, 0.05) is 18.2 Å². The fraction of sp³-hybridized carbons (Fsp3) is 0.0435. The van der Waals surface area contributed by atoms with Crippen LogP contribution in [-0.2, 0) is 9.59 Å². The van der Waals surface area contributed by atoms with Gasteiger partial charge < -0.3 is 10.1 Å². The number of halogens is 2. The second-order valence-corrected chi connectivity index (χ2v) is 8.22. The van der Waals surface area contributed by atoms with Crippen LogP contribution in [0.25, 0.3) is 6.08 Å². The molecular formula is C23H14F2N4O6S. The van der Waals surface area contributed by atoms with Crippen LogP contribution < -0.4 is 10.1 Å². The van der Waals surface area contributed by atoms with Crippen LogP contribution in [0.4, 0.5) is 25.0 Å². The third-order valence-corrected chi connectivity index (χ3v) is 5.62. The van der Waals surface area contributed by atoms with Crippen molar-refractivity contribution in [1.82, 2.24) is 9.88 Å². The SMILES string of the molecule is O=C(CN1C(=O)S/C(=C\c2ccc(Oc3ccc([N+](=O)[O-])cn3)cc2)C1=O)Nc1ccc(F)cc1F. The molecule has 36 heavy (non-hydrogen) atoms. The molecule has 0 spiro atoms. The highest BCUT2D eigenvalue weighted by Crippen LogP contribution is 2.32. The number of nitro groups is 1. The molecule has 182 valence electrons. The van der Waals surface area contributed by atoms with Gasteiger partial charge in [0.1, 0.15) is 30.1 Å². The summed E-state index contributed by atoms with van der Waals surface area (Å²) in [5.41, 5.74) is 0.101. The van der Waals surface area contributed by atoms with Gasteiger partial charge in [-0.25, -0.2) is 13.8 Å². The number of rotatable bonds is 7. The first kappa shape index (κ1) is 24.5. The zero-order valence-electron chi connectivity index (χ0n) is 18.0. The fourth-order valence-corrected chi connectivity index (χ4v) is 3.84. The minimum Gasteiger partial charge on any atom is -0.439 e. The van der Waals surface area contributed by atoms with Crippen molar-refractivity contribution in [2.45, 2.75) is 0 Å². The Morgan fingerprint density at radius 1 is 1.14 bits per heavy atom. The molecule has 1 fully saturated rings. The minimum absolute atomic E-state index is 0.0754. The van der Waals surface area contributed by atoms with Gasteiger partial charge in [-0.2, -0.15) is 0 Å². The lowest BCUT2D eigenvalue weighted by atomic mass is 10.2. The van der Waals surface area contributed by atoms with E-state index < -0.39 is 40.2 Å². The second kappa shape index (κ2) is 10.3. The molecule has 1 aliphatic rings. The second-order valence-electron chi connectivity index (χ2n) is 7.22. The van der Waals surface area contributed by atoms with E-state index in [4.69, 9.17) is 4.74 Å². The summed E-state index contributed by atoms with van der Waals surface area (Å²) in [7, 11) is 0. The Hall–Kier alpha value is -4.65. The normalized spacial score (nSPS) is 14.3. The van der Waals surface area contributed by atoms with Crippen LogP contribution in [-0.4, -0.2) is 38.4 Å². The number of ether oxygens (including phenoxy) is 1. The van der Waals surface area contributed by atoms with Gasteiger partial charge in [-0.05, 0) is 47.7 Å². The lowest BCUT2D eigenvalue weighted by molar-refractivity contribution is -0.385. The van der Waals surface area contributed by atoms with Crippen LogP contribution in [0.15, 0.2) is 65.7 Å². The summed E-state index contributed by atoms with van der Waals surface area (Å²) in [6.45, 7) is -0.645. The van der Waals surface area contributed by atoms with E-state index in [1.807, 2.05) is 0 Å². The van der Waals surface area contributed by atoms with Crippen molar-refractivity contribution in [2.75, 3.05) is 11.9 Å². The van der Waals surface area contributed by atoms with Crippen molar-refractivity contribution in [2.24, 2.45) is 0 Å². The number of aromatic nitrogens is 1. The predicted octanol–water partition coefficient (Wildman–Crippen LogP) is 4.74. The Labute approximate surface area is 205 Å². The quantitative estimate of drug-likeness (QED) is 0.273. The van der Waals surface area contributed by atoms with Crippen LogP contribution in [0.5, 0.6) is 11.6 Å². The summed E-state index contributed by atoms with van der Waals surface area (Å²) in [5.74, 6) is -2.81. The number of carbonyl (C=O) groups excluding carboxylic acids is 3. The molecule has 10 nitrogen and oxygen atoms in total. The van der Waals surface area contributed by atoms with E-state index >= 15 is 0 Å². The Balaban J connectivity index is 1.39. The van der Waals surface area contributed by atoms with Gasteiger partial charge in [0.15, 0.2) is 0 Å². The molecule has 2 aromatic carbocycles. The smallest absolute Gasteiger partial charge is 0.294 e. The van der Waals surface area contributed by atoms with Crippen LogP contribution in [0.2, 0.25) is 0 Å². The molecular weight excluding hydrogens is 498 g/mol. The van der Waals surface area contributed by atoms with Crippen LogP contribution in [0.1, 0.15) is 5.56 Å². The number of pyridine rings is 1. The summed E-state index contributed by atoms with van der Waals surface area (Å²) < 4.78 is 32.3. The van der Waals surface area contributed by atoms with E-state index in [1.165, 1.54) is 18.2 Å². The first-order chi connectivity index (χ1) is 17.2. The lowest BCUT2D eigenvalue weighted by Crippen LogP contribution is -2.36. The number of benzene rings is 2. The maximum atomic E-state index is 13.7. The highest BCUT2D eigenvalue weighted by molar-refractivity contribution is 8.18. The standard InChI is InChI=1S/C23H14F2N4O6S/c24-14-3-7-18(17(25)10-14)27-20(30)12-28-22(31)19(36-23(28)32)9-13-1-5-16(6-2-13)35-21-8-4-15(11-26-21)29(33)34/h1-11H,12H2,(H,27,30)/b19-9-. The van der Waals surface area contributed by atoms with Crippen LogP contribution in [0, 0.1) is 21.7 Å². The zero-order valence-corrected chi connectivity index (χ0v) is 18.8. The molecule has 13 heteroatoms. The molecule has 2 heterocycles. The van der Waals surface area contributed by atoms with Crippen LogP contribution in [0.3, 0.4) is 0 Å². The topological polar surface area (TPSA) is 132 Å². The number of nitrogens with zero attached hydrogens (tertiary/aromatic N) is 3. The average Bonchev–Trinajstić information content (AvgIpc) is 3.09. The molecule has 0 atom stereocenters. The zero-order chi connectivity index (χ0) is 25.8. The van der Waals surface area contributed by atoms with Gasteiger partial charge in [-0.15, -0.1) is 0 Å². The van der Waals surface area contributed by atoms with E-state index in [1.54, 1.807) is 24.3 Å². The van der Waals surface area contributed by atoms with Crippen LogP contribution >= 0.6 is 11.8 Å². The highest BCUT2D eigenvalue weighted by atomic mass is 32.2. The number of hydrogen-bond acceptors (Lipinski definition) is 8. The van der Waals surface area contributed by atoms with Gasteiger partial charge >= 0.3 is 0 Å². The Morgan fingerprint density at radius 3 is 2.53 bits per heavy atom. The number of imide groups is 1. The van der Waals surface area contributed by atoms with Crippen molar-refractivity contribution in [3.05, 3.63) is 93.0 Å². The molecule has 0 radical (unpaired) electrons. The Kier molecular flexibility index (Phi) is 7.01. The monoisotopic (exact) mass is 512 g/mol. The summed E-state index contributed by atoms with van der Waals surface area (Å²) in [6, 6.07) is 11.6. The van der Waals surface area contributed by atoms with Crippen molar-refractivity contribution >= 4 is 46.3 Å². The molecule has 4 rings (SSSR count). The van der Waals surface area contributed by atoms with Crippen molar-refractivity contribution in [3.63, 3.8) is 0 Å². The molecule has 0 saturated carbocycles. The summed E-state index contributed by atoms with van der Waals surface area (Å²) >= 11 is 0.639. The summed E-state index contributed by atoms with van der Waals surface area (Å²) in [4.78, 5) is 51.8. The fourth-order valence-electron chi connectivity index (χ4n) is 3.01. The van der Waals surface area contributed by atoms with Gasteiger partial charge in [-0.1, -0.05) is 12.1 Å². The molecule has 0 bridgehead atoms. The Morgan fingerprint density at radius 2 is 1.89 bits per heavy atom. The van der Waals surface area contributed by atoms with E-state index in [0.29, 0.717) is 34.0 Å². The van der Waals surface area contributed by atoms with Crippen molar-refractivity contribution in [1.29, 1.82) is 0 Å². The highest BCUT2D eigenvalue weighted by Gasteiger charge is 2.36. The largest absolute Gasteiger partial charge is 0.439 e. The maximum Gasteiger partial charge on any atom is 0.294 e. The number of carbonyl (C=O) groups is 3. The number of amides is 3. The van der Waals surface area contributed by atoms with Crippen molar-refractivity contribution < 1.29 is 32.8 Å². The van der Waals surface area contributed by atoms with E-state index in [9.17, 15) is 33.3 Å². The molecule has 0 unspecified atom stereocenters. The number of anilines is 1. The van der Waals surface area contributed by atoms with E-state index in [2.05, 4.69) is 10.3 Å². The minimum atomic E-state index is -0.992. The Bertz CT molecular complexity index is 1400. The third kappa shape index (κ3) is 5.70. The van der Waals surface area contributed by atoms with Gasteiger partial charge in [0.25, 0.3) is 16.8 Å². The van der Waals surface area contributed by atoms with Gasteiger partial charge in [0.05, 0.1) is 15.5 Å². The predicted molar refractivity (Wildman–Crippen MR) is 125 cm³/mol.